The Labute approximate surface area is 93.9 Å². The maximum atomic E-state index is 11.6. The molecule has 0 aliphatic carbocycles. The van der Waals surface area contributed by atoms with Crippen molar-refractivity contribution in [3.63, 3.8) is 0 Å². The van der Waals surface area contributed by atoms with Gasteiger partial charge < -0.3 is 19.7 Å². The fourth-order valence-corrected chi connectivity index (χ4v) is 1.81. The van der Waals surface area contributed by atoms with Gasteiger partial charge in [0.1, 0.15) is 6.61 Å². The SMILES string of the molecule is O=C1CC[C@@H](COC(=O)N2CCOCC2)N1. The summed E-state index contributed by atoms with van der Waals surface area (Å²) in [6, 6.07) is -0.0162. The zero-order valence-electron chi connectivity index (χ0n) is 9.11. The van der Waals surface area contributed by atoms with Crippen molar-refractivity contribution in [1.82, 2.24) is 10.2 Å². The minimum absolute atomic E-state index is 0.0162. The standard InChI is InChI=1S/C10H16N2O4/c13-9-2-1-8(11-9)7-16-10(14)12-3-5-15-6-4-12/h8H,1-7H2,(H,11,13)/t8-/m0/s1. The van der Waals surface area contributed by atoms with Crippen molar-refractivity contribution in [3.8, 4) is 0 Å². The number of morpholine rings is 1. The van der Waals surface area contributed by atoms with Crippen LogP contribution in [0.4, 0.5) is 4.79 Å². The van der Waals surface area contributed by atoms with Gasteiger partial charge in [-0.3, -0.25) is 4.79 Å². The van der Waals surface area contributed by atoms with Crippen molar-refractivity contribution in [1.29, 1.82) is 0 Å². The van der Waals surface area contributed by atoms with E-state index < -0.39 is 0 Å². The van der Waals surface area contributed by atoms with E-state index in [0.29, 0.717) is 32.7 Å². The Morgan fingerprint density at radius 2 is 2.25 bits per heavy atom. The lowest BCUT2D eigenvalue weighted by molar-refractivity contribution is -0.119. The number of carbonyl (C=O) groups excluding carboxylic acids is 2. The van der Waals surface area contributed by atoms with Crippen LogP contribution < -0.4 is 5.32 Å². The van der Waals surface area contributed by atoms with Gasteiger partial charge in [-0.2, -0.15) is 0 Å². The number of ether oxygens (including phenoxy) is 2. The lowest BCUT2D eigenvalue weighted by atomic mass is 10.2. The van der Waals surface area contributed by atoms with Gasteiger partial charge in [-0.1, -0.05) is 0 Å². The van der Waals surface area contributed by atoms with Crippen molar-refractivity contribution < 1.29 is 19.1 Å². The number of nitrogens with one attached hydrogen (secondary N) is 1. The summed E-state index contributed by atoms with van der Waals surface area (Å²) >= 11 is 0. The molecule has 0 spiro atoms. The smallest absolute Gasteiger partial charge is 0.409 e. The van der Waals surface area contributed by atoms with Crippen molar-refractivity contribution in [2.24, 2.45) is 0 Å². The highest BCUT2D eigenvalue weighted by molar-refractivity contribution is 5.78. The summed E-state index contributed by atoms with van der Waals surface area (Å²) < 4.78 is 10.3. The third-order valence-corrected chi connectivity index (χ3v) is 2.76. The van der Waals surface area contributed by atoms with Crippen molar-refractivity contribution >= 4 is 12.0 Å². The topological polar surface area (TPSA) is 67.9 Å². The van der Waals surface area contributed by atoms with Crippen LogP contribution in [0.2, 0.25) is 0 Å². The first-order valence-corrected chi connectivity index (χ1v) is 5.54. The molecule has 2 fully saturated rings. The second-order valence-corrected chi connectivity index (χ2v) is 3.98. The first-order chi connectivity index (χ1) is 7.75. The molecule has 90 valence electrons. The molecule has 0 radical (unpaired) electrons. The fraction of sp³-hybridized carbons (Fsp3) is 0.800. The molecule has 0 aromatic rings. The number of nitrogens with zero attached hydrogens (tertiary/aromatic N) is 1. The quantitative estimate of drug-likeness (QED) is 0.706. The highest BCUT2D eigenvalue weighted by Crippen LogP contribution is 2.08. The van der Waals surface area contributed by atoms with Crippen LogP contribution in [0.3, 0.4) is 0 Å². The van der Waals surface area contributed by atoms with Crippen LogP contribution >= 0.6 is 0 Å². The van der Waals surface area contributed by atoms with E-state index in [1.807, 2.05) is 0 Å². The van der Waals surface area contributed by atoms with Crippen LogP contribution in [0.25, 0.3) is 0 Å². The summed E-state index contributed by atoms with van der Waals surface area (Å²) in [5, 5.41) is 2.75. The minimum atomic E-state index is -0.315. The number of hydrogen-bond acceptors (Lipinski definition) is 4. The summed E-state index contributed by atoms with van der Waals surface area (Å²) in [5.74, 6) is 0.0346. The van der Waals surface area contributed by atoms with Gasteiger partial charge in [0.25, 0.3) is 0 Å². The fourth-order valence-electron chi connectivity index (χ4n) is 1.81. The molecule has 2 amide bonds. The predicted octanol–water partition coefficient (Wildman–Crippen LogP) is -0.266. The highest BCUT2D eigenvalue weighted by Gasteiger charge is 2.24. The van der Waals surface area contributed by atoms with Gasteiger partial charge in [-0.25, -0.2) is 4.79 Å². The Morgan fingerprint density at radius 1 is 1.50 bits per heavy atom. The Kier molecular flexibility index (Phi) is 3.61. The van der Waals surface area contributed by atoms with Crippen LogP contribution in [0.1, 0.15) is 12.8 Å². The Balaban J connectivity index is 1.68. The molecule has 6 nitrogen and oxygen atoms in total. The van der Waals surface area contributed by atoms with Crippen LogP contribution in [0.15, 0.2) is 0 Å². The molecule has 2 aliphatic rings. The monoisotopic (exact) mass is 228 g/mol. The molecule has 0 unspecified atom stereocenters. The average Bonchev–Trinajstić information content (AvgIpc) is 2.73. The predicted molar refractivity (Wildman–Crippen MR) is 54.9 cm³/mol. The van der Waals surface area contributed by atoms with Crippen LogP contribution in [-0.4, -0.2) is 55.9 Å². The molecule has 2 rings (SSSR count). The third-order valence-electron chi connectivity index (χ3n) is 2.76. The number of rotatable bonds is 2. The molecule has 0 bridgehead atoms. The Bertz CT molecular complexity index is 276. The molecule has 0 aromatic heterocycles. The molecule has 1 N–H and O–H groups in total. The zero-order chi connectivity index (χ0) is 11.4. The molecule has 1 atom stereocenters. The van der Waals surface area contributed by atoms with Gasteiger partial charge in [-0.05, 0) is 6.42 Å². The van der Waals surface area contributed by atoms with E-state index >= 15 is 0 Å². The van der Waals surface area contributed by atoms with Crippen molar-refractivity contribution in [3.05, 3.63) is 0 Å². The largest absolute Gasteiger partial charge is 0.447 e. The molecule has 2 heterocycles. The van der Waals surface area contributed by atoms with Gasteiger partial charge in [0, 0.05) is 19.5 Å². The van der Waals surface area contributed by atoms with Gasteiger partial charge >= 0.3 is 6.09 Å². The van der Waals surface area contributed by atoms with Gasteiger partial charge in [0.2, 0.25) is 5.91 Å². The summed E-state index contributed by atoms with van der Waals surface area (Å²) in [6.07, 6.45) is 0.957. The zero-order valence-corrected chi connectivity index (χ0v) is 9.11. The molecular weight excluding hydrogens is 212 g/mol. The van der Waals surface area contributed by atoms with Crippen molar-refractivity contribution in [2.75, 3.05) is 32.9 Å². The normalized spacial score (nSPS) is 25.4. The van der Waals surface area contributed by atoms with Gasteiger partial charge in [0.05, 0.1) is 19.3 Å². The van der Waals surface area contributed by atoms with E-state index in [-0.39, 0.29) is 24.6 Å². The van der Waals surface area contributed by atoms with E-state index in [0.717, 1.165) is 6.42 Å². The van der Waals surface area contributed by atoms with Gasteiger partial charge in [0.15, 0.2) is 0 Å². The Morgan fingerprint density at radius 3 is 2.88 bits per heavy atom. The molecule has 0 saturated carbocycles. The minimum Gasteiger partial charge on any atom is -0.447 e. The average molecular weight is 228 g/mol. The number of amides is 2. The summed E-state index contributed by atoms with van der Waals surface area (Å²) in [7, 11) is 0. The Hall–Kier alpha value is -1.30. The number of carbonyl (C=O) groups is 2. The van der Waals surface area contributed by atoms with E-state index in [1.54, 1.807) is 4.90 Å². The van der Waals surface area contributed by atoms with Crippen LogP contribution in [0, 0.1) is 0 Å². The number of hydrogen-bond donors (Lipinski definition) is 1. The lowest BCUT2D eigenvalue weighted by Crippen LogP contribution is -2.42. The van der Waals surface area contributed by atoms with Crippen molar-refractivity contribution in [2.45, 2.75) is 18.9 Å². The van der Waals surface area contributed by atoms with E-state index in [1.165, 1.54) is 0 Å². The van der Waals surface area contributed by atoms with Crippen LogP contribution in [-0.2, 0) is 14.3 Å². The lowest BCUT2D eigenvalue weighted by Gasteiger charge is -2.26. The first kappa shape index (κ1) is 11.2. The summed E-state index contributed by atoms with van der Waals surface area (Å²) in [6.45, 7) is 2.55. The van der Waals surface area contributed by atoms with E-state index in [4.69, 9.17) is 9.47 Å². The maximum absolute atomic E-state index is 11.6. The van der Waals surface area contributed by atoms with E-state index in [9.17, 15) is 9.59 Å². The summed E-state index contributed by atoms with van der Waals surface area (Å²) in [4.78, 5) is 24.1. The van der Waals surface area contributed by atoms with Crippen LogP contribution in [0.5, 0.6) is 0 Å². The summed E-state index contributed by atoms with van der Waals surface area (Å²) in [5.41, 5.74) is 0. The van der Waals surface area contributed by atoms with E-state index in [2.05, 4.69) is 5.32 Å². The molecule has 2 aliphatic heterocycles. The molecule has 16 heavy (non-hydrogen) atoms. The maximum Gasteiger partial charge on any atom is 0.409 e. The third kappa shape index (κ3) is 2.85. The second kappa shape index (κ2) is 5.16. The molecule has 6 heteroatoms. The molecule has 0 aromatic carbocycles. The van der Waals surface area contributed by atoms with Gasteiger partial charge in [-0.15, -0.1) is 0 Å². The molecule has 2 saturated heterocycles. The first-order valence-electron chi connectivity index (χ1n) is 5.54. The molecular formula is C10H16N2O4. The second-order valence-electron chi connectivity index (χ2n) is 3.98. The highest BCUT2D eigenvalue weighted by atomic mass is 16.6.